The van der Waals surface area contributed by atoms with E-state index < -0.39 is 0 Å². The Morgan fingerprint density at radius 3 is 2.65 bits per heavy atom. The van der Waals surface area contributed by atoms with Crippen molar-refractivity contribution in [3.05, 3.63) is 68.2 Å². The highest BCUT2D eigenvalue weighted by molar-refractivity contribution is 7.17. The Balaban J connectivity index is 1.78. The second-order valence-corrected chi connectivity index (χ2v) is 10.5. The molecule has 31 heavy (non-hydrogen) atoms. The first-order valence-corrected chi connectivity index (χ1v) is 12.5. The lowest BCUT2D eigenvalue weighted by atomic mass is 9.91. The minimum absolute atomic E-state index is 0.0332. The number of carbonyl (C=O) groups excluding carboxylic acids is 1. The van der Waals surface area contributed by atoms with Crippen LogP contribution < -0.4 is 10.1 Å². The molecule has 1 aliphatic heterocycles. The molecule has 0 unspecified atom stereocenters. The summed E-state index contributed by atoms with van der Waals surface area (Å²) in [4.78, 5) is 17.5. The number of methoxy groups -OCH3 is 1. The molecular weight excluding hydrogens is 424 g/mol. The number of nitrogens with zero attached hydrogens (tertiary/aromatic N) is 1. The van der Waals surface area contributed by atoms with Gasteiger partial charge in [0.2, 0.25) is 0 Å². The molecule has 0 radical (unpaired) electrons. The summed E-state index contributed by atoms with van der Waals surface area (Å²) in [6.45, 7) is 8.77. The van der Waals surface area contributed by atoms with E-state index in [1.807, 2.05) is 23.6 Å². The Morgan fingerprint density at radius 1 is 1.19 bits per heavy atom. The highest BCUT2D eigenvalue weighted by atomic mass is 32.1. The SMILES string of the molecule is COc1cccc([C@@H](c2c(NC(=O)c3cccs3)sc(C)c2C)N2CCC(C)CC2)c1. The van der Waals surface area contributed by atoms with Crippen LogP contribution in [0.4, 0.5) is 5.00 Å². The topological polar surface area (TPSA) is 41.6 Å². The maximum atomic E-state index is 12.9. The predicted molar refractivity (Wildman–Crippen MR) is 131 cm³/mol. The van der Waals surface area contributed by atoms with Gasteiger partial charge in [0.1, 0.15) is 10.8 Å². The Labute approximate surface area is 192 Å². The van der Waals surface area contributed by atoms with Crippen molar-refractivity contribution in [3.8, 4) is 5.75 Å². The third kappa shape index (κ3) is 4.71. The van der Waals surface area contributed by atoms with Crippen molar-refractivity contribution in [2.45, 2.75) is 39.7 Å². The van der Waals surface area contributed by atoms with Crippen LogP contribution in [0.3, 0.4) is 0 Å². The van der Waals surface area contributed by atoms with Crippen molar-refractivity contribution in [2.75, 3.05) is 25.5 Å². The van der Waals surface area contributed by atoms with Gasteiger partial charge in [-0.05, 0) is 80.4 Å². The lowest BCUT2D eigenvalue weighted by Crippen LogP contribution is -2.37. The first-order chi connectivity index (χ1) is 15.0. The first-order valence-electron chi connectivity index (χ1n) is 10.8. The van der Waals surface area contributed by atoms with Crippen LogP contribution in [0, 0.1) is 19.8 Å². The molecule has 4 rings (SSSR count). The van der Waals surface area contributed by atoms with Crippen LogP contribution in [0.25, 0.3) is 0 Å². The fraction of sp³-hybridized carbons (Fsp3) is 0.400. The van der Waals surface area contributed by atoms with E-state index in [0.717, 1.165) is 34.6 Å². The largest absolute Gasteiger partial charge is 0.497 e. The van der Waals surface area contributed by atoms with E-state index >= 15 is 0 Å². The van der Waals surface area contributed by atoms with Gasteiger partial charge in [-0.2, -0.15) is 0 Å². The zero-order chi connectivity index (χ0) is 22.0. The molecule has 0 spiro atoms. The highest BCUT2D eigenvalue weighted by Crippen LogP contribution is 2.44. The molecule has 3 aromatic rings. The molecule has 1 fully saturated rings. The normalized spacial score (nSPS) is 16.3. The zero-order valence-electron chi connectivity index (χ0n) is 18.6. The van der Waals surface area contributed by atoms with E-state index in [9.17, 15) is 4.79 Å². The van der Waals surface area contributed by atoms with Gasteiger partial charge in [0.25, 0.3) is 5.91 Å². The average molecular weight is 455 g/mol. The number of rotatable bonds is 6. The minimum Gasteiger partial charge on any atom is -0.497 e. The zero-order valence-corrected chi connectivity index (χ0v) is 20.2. The van der Waals surface area contributed by atoms with Crippen molar-refractivity contribution in [1.29, 1.82) is 0 Å². The van der Waals surface area contributed by atoms with E-state index in [0.29, 0.717) is 0 Å². The number of hydrogen-bond acceptors (Lipinski definition) is 5. The Hall–Kier alpha value is -2.15. The Bertz CT molecular complexity index is 1030. The van der Waals surface area contributed by atoms with Crippen LogP contribution >= 0.6 is 22.7 Å². The predicted octanol–water partition coefficient (Wildman–Crippen LogP) is 6.51. The first kappa shape index (κ1) is 22.1. The van der Waals surface area contributed by atoms with Crippen molar-refractivity contribution in [1.82, 2.24) is 4.90 Å². The van der Waals surface area contributed by atoms with Gasteiger partial charge >= 0.3 is 0 Å². The van der Waals surface area contributed by atoms with Gasteiger partial charge < -0.3 is 10.1 Å². The van der Waals surface area contributed by atoms with Crippen LogP contribution in [-0.4, -0.2) is 31.0 Å². The molecule has 1 N–H and O–H groups in total. The van der Waals surface area contributed by atoms with Gasteiger partial charge in [0.05, 0.1) is 18.0 Å². The van der Waals surface area contributed by atoms with Crippen LogP contribution in [0.1, 0.15) is 57.0 Å². The monoisotopic (exact) mass is 454 g/mol. The lowest BCUT2D eigenvalue weighted by molar-refractivity contribution is 0.103. The molecule has 4 nitrogen and oxygen atoms in total. The van der Waals surface area contributed by atoms with Crippen LogP contribution in [0.2, 0.25) is 0 Å². The molecule has 0 saturated carbocycles. The molecule has 6 heteroatoms. The Kier molecular flexibility index (Phi) is 6.80. The number of anilines is 1. The number of benzene rings is 1. The number of amides is 1. The van der Waals surface area contributed by atoms with Gasteiger partial charge in [-0.1, -0.05) is 25.1 Å². The summed E-state index contributed by atoms with van der Waals surface area (Å²) in [5, 5.41) is 6.13. The number of nitrogens with one attached hydrogen (secondary N) is 1. The summed E-state index contributed by atoms with van der Waals surface area (Å²) < 4.78 is 5.54. The van der Waals surface area contributed by atoms with Gasteiger partial charge in [0.15, 0.2) is 0 Å². The van der Waals surface area contributed by atoms with Crippen molar-refractivity contribution >= 4 is 33.6 Å². The molecule has 1 saturated heterocycles. The van der Waals surface area contributed by atoms with E-state index in [1.54, 1.807) is 18.4 Å². The van der Waals surface area contributed by atoms with Gasteiger partial charge in [0, 0.05) is 10.4 Å². The maximum Gasteiger partial charge on any atom is 0.266 e. The molecular formula is C25H30N2O2S2. The standard InChI is InChI=1S/C25H30N2O2S2/c1-16-10-12-27(13-11-16)23(19-7-5-8-20(15-19)29-4)22-17(2)18(3)31-25(22)26-24(28)21-9-6-14-30-21/h5-9,14-16,23H,10-13H2,1-4H3,(H,26,28)/t23-/m0/s1. The van der Waals surface area contributed by atoms with E-state index in [1.165, 1.54) is 45.7 Å². The van der Waals surface area contributed by atoms with E-state index in [2.05, 4.69) is 49.2 Å². The van der Waals surface area contributed by atoms with E-state index in [-0.39, 0.29) is 11.9 Å². The number of likely N-dealkylation sites (tertiary alicyclic amines) is 1. The summed E-state index contributed by atoms with van der Waals surface area (Å²) in [5.74, 6) is 1.58. The second kappa shape index (κ2) is 9.55. The van der Waals surface area contributed by atoms with Gasteiger partial charge in [-0.15, -0.1) is 22.7 Å². The lowest BCUT2D eigenvalue weighted by Gasteiger charge is -2.38. The minimum atomic E-state index is -0.0332. The van der Waals surface area contributed by atoms with Gasteiger partial charge in [-0.3, -0.25) is 9.69 Å². The quantitative estimate of drug-likeness (QED) is 0.462. The number of thiophene rings is 2. The number of carbonyl (C=O) groups is 1. The number of hydrogen-bond donors (Lipinski definition) is 1. The molecule has 0 bridgehead atoms. The molecule has 0 aliphatic carbocycles. The Morgan fingerprint density at radius 2 is 1.97 bits per heavy atom. The van der Waals surface area contributed by atoms with Crippen molar-refractivity contribution < 1.29 is 9.53 Å². The summed E-state index contributed by atoms with van der Waals surface area (Å²) >= 11 is 3.15. The van der Waals surface area contributed by atoms with E-state index in [4.69, 9.17) is 4.74 Å². The molecule has 2 aromatic heterocycles. The summed E-state index contributed by atoms with van der Waals surface area (Å²) in [5.41, 5.74) is 3.69. The molecule has 1 atom stereocenters. The molecule has 1 amide bonds. The van der Waals surface area contributed by atoms with Gasteiger partial charge in [-0.25, -0.2) is 0 Å². The second-order valence-electron chi connectivity index (χ2n) is 8.36. The summed E-state index contributed by atoms with van der Waals surface area (Å²) in [6, 6.07) is 12.3. The molecule has 1 aromatic carbocycles. The molecule has 3 heterocycles. The number of aryl methyl sites for hydroxylation is 1. The van der Waals surface area contributed by atoms with Crippen LogP contribution in [0.15, 0.2) is 41.8 Å². The molecule has 1 aliphatic rings. The highest BCUT2D eigenvalue weighted by Gasteiger charge is 2.31. The van der Waals surface area contributed by atoms with Crippen molar-refractivity contribution in [2.24, 2.45) is 5.92 Å². The molecule has 164 valence electrons. The van der Waals surface area contributed by atoms with Crippen molar-refractivity contribution in [3.63, 3.8) is 0 Å². The smallest absolute Gasteiger partial charge is 0.266 e. The number of ether oxygens (including phenoxy) is 1. The third-order valence-electron chi connectivity index (χ3n) is 6.27. The van der Waals surface area contributed by atoms with Crippen LogP contribution in [0.5, 0.6) is 5.75 Å². The summed E-state index contributed by atoms with van der Waals surface area (Å²) in [7, 11) is 1.71. The fourth-order valence-corrected chi connectivity index (χ4v) is 6.00. The fourth-order valence-electron chi connectivity index (χ4n) is 4.30. The number of piperidine rings is 1. The average Bonchev–Trinajstić information content (AvgIpc) is 3.40. The summed E-state index contributed by atoms with van der Waals surface area (Å²) in [6.07, 6.45) is 2.39. The maximum absolute atomic E-state index is 12.9. The third-order valence-corrected chi connectivity index (χ3v) is 8.28. The van der Waals surface area contributed by atoms with Crippen LogP contribution in [-0.2, 0) is 0 Å².